The van der Waals surface area contributed by atoms with Gasteiger partial charge in [-0.2, -0.15) is 0 Å². The number of nitrogens with zero attached hydrogens (tertiary/aromatic N) is 8. The van der Waals surface area contributed by atoms with Gasteiger partial charge in [-0.15, -0.1) is 0 Å². The fourth-order valence-electron chi connectivity index (χ4n) is 2.16. The lowest BCUT2D eigenvalue weighted by atomic mass is 10.5. The van der Waals surface area contributed by atoms with Crippen molar-refractivity contribution in [2.75, 3.05) is 18.1 Å². The molecule has 3 N–H and O–H groups in total. The summed E-state index contributed by atoms with van der Waals surface area (Å²) in [5.74, 6) is 0.978. The smallest absolute Gasteiger partial charge is 0.185 e. The van der Waals surface area contributed by atoms with Gasteiger partial charge in [-0.3, -0.25) is 0 Å². The van der Waals surface area contributed by atoms with Gasteiger partial charge in [0.25, 0.3) is 0 Å². The van der Waals surface area contributed by atoms with E-state index in [-0.39, 0.29) is 0 Å². The highest BCUT2D eigenvalue weighted by molar-refractivity contribution is 5.84. The minimum atomic E-state index is 0.328. The van der Waals surface area contributed by atoms with Crippen molar-refractivity contribution in [1.29, 1.82) is 0 Å². The highest BCUT2D eigenvalue weighted by atomic mass is 15.5. The zero-order valence-corrected chi connectivity index (χ0v) is 11.0. The molecule has 0 atom stereocenters. The summed E-state index contributed by atoms with van der Waals surface area (Å²) in [6.45, 7) is 0. The van der Waals surface area contributed by atoms with E-state index in [1.54, 1.807) is 29.1 Å². The first kappa shape index (κ1) is 11.5. The molecule has 4 heterocycles. The average Bonchev–Trinajstić information content (AvgIpc) is 3.11. The lowest BCUT2D eigenvalue weighted by molar-refractivity contribution is 0.687. The monoisotopic (exact) mass is 282 g/mol. The van der Waals surface area contributed by atoms with Crippen molar-refractivity contribution in [3.05, 3.63) is 25.3 Å². The number of nitrogens with one attached hydrogen (secondary N) is 1. The van der Waals surface area contributed by atoms with Crippen molar-refractivity contribution in [1.82, 2.24) is 39.3 Å². The molecular formula is C11H10N10. The molecule has 0 bridgehead atoms. The number of nitrogen functional groups attached to an aromatic ring is 1. The maximum atomic E-state index is 5.79. The van der Waals surface area contributed by atoms with Crippen LogP contribution in [0.1, 0.15) is 0 Å². The summed E-state index contributed by atoms with van der Waals surface area (Å²) in [7, 11) is 1.78. The minimum absolute atomic E-state index is 0.328. The van der Waals surface area contributed by atoms with Crippen LogP contribution in [0.15, 0.2) is 25.3 Å². The third kappa shape index (κ3) is 1.52. The second-order valence-corrected chi connectivity index (χ2v) is 4.25. The molecule has 0 aliphatic heterocycles. The number of anilines is 2. The second kappa shape index (κ2) is 4.10. The van der Waals surface area contributed by atoms with E-state index in [4.69, 9.17) is 5.73 Å². The van der Waals surface area contributed by atoms with E-state index in [9.17, 15) is 0 Å². The van der Waals surface area contributed by atoms with Gasteiger partial charge in [0.05, 0.1) is 0 Å². The third-order valence-electron chi connectivity index (χ3n) is 3.13. The topological polar surface area (TPSA) is 125 Å². The van der Waals surface area contributed by atoms with Crippen LogP contribution in [0.5, 0.6) is 0 Å². The van der Waals surface area contributed by atoms with E-state index in [2.05, 4.69) is 35.2 Å². The van der Waals surface area contributed by atoms with Crippen molar-refractivity contribution in [3.8, 4) is 0 Å². The Morgan fingerprint density at radius 3 is 2.19 bits per heavy atom. The molecule has 0 fully saturated rings. The molecule has 10 heteroatoms. The Hall–Kier alpha value is -3.30. The normalized spacial score (nSPS) is 11.3. The van der Waals surface area contributed by atoms with Crippen molar-refractivity contribution < 1.29 is 0 Å². The number of imidazole rings is 2. The average molecular weight is 282 g/mol. The largest absolute Gasteiger partial charge is 0.382 e. The van der Waals surface area contributed by atoms with E-state index < -0.39 is 0 Å². The molecule has 0 saturated heterocycles. The molecule has 4 aromatic heterocycles. The predicted octanol–water partition coefficient (Wildman–Crippen LogP) is -0.0987. The molecule has 10 nitrogen and oxygen atoms in total. The van der Waals surface area contributed by atoms with Crippen LogP contribution in [0.2, 0.25) is 0 Å². The van der Waals surface area contributed by atoms with Gasteiger partial charge in [0.2, 0.25) is 0 Å². The zero-order chi connectivity index (χ0) is 14.4. The summed E-state index contributed by atoms with van der Waals surface area (Å²) < 4.78 is 3.43. The highest BCUT2D eigenvalue weighted by Gasteiger charge is 2.14. The molecule has 0 spiro atoms. The molecule has 0 saturated carbocycles. The minimum Gasteiger partial charge on any atom is -0.382 e. The van der Waals surface area contributed by atoms with E-state index in [1.165, 1.54) is 12.7 Å². The van der Waals surface area contributed by atoms with Gasteiger partial charge in [-0.05, 0) is 0 Å². The summed E-state index contributed by atoms with van der Waals surface area (Å²) in [5, 5.41) is 2.98. The first-order valence-corrected chi connectivity index (χ1v) is 6.09. The molecule has 21 heavy (non-hydrogen) atoms. The van der Waals surface area contributed by atoms with Gasteiger partial charge < -0.3 is 11.1 Å². The van der Waals surface area contributed by atoms with E-state index in [0.717, 1.165) is 0 Å². The standard InChI is InChI=1S/C11H10N10/c1-13-9-7-11(17-3-15-9)21(5-19-7)20-4-18-6-8(12)14-2-16-10(6)20/h2-5H,1H3,(H2,12,14,16)(H,13,15,17). The molecule has 0 unspecified atom stereocenters. The Morgan fingerprint density at radius 2 is 1.48 bits per heavy atom. The Bertz CT molecular complexity index is 952. The number of rotatable bonds is 2. The Morgan fingerprint density at radius 1 is 0.857 bits per heavy atom. The predicted molar refractivity (Wildman–Crippen MR) is 75.4 cm³/mol. The zero-order valence-electron chi connectivity index (χ0n) is 11.0. The summed E-state index contributed by atoms with van der Waals surface area (Å²) in [4.78, 5) is 25.1. The molecule has 0 aliphatic carbocycles. The fourth-order valence-corrected chi connectivity index (χ4v) is 2.16. The van der Waals surface area contributed by atoms with Crippen LogP contribution in [0.4, 0.5) is 11.6 Å². The number of hydrogen-bond acceptors (Lipinski definition) is 8. The molecular weight excluding hydrogens is 272 g/mol. The third-order valence-corrected chi connectivity index (χ3v) is 3.13. The van der Waals surface area contributed by atoms with Gasteiger partial charge >= 0.3 is 0 Å². The summed E-state index contributed by atoms with van der Waals surface area (Å²) in [6, 6.07) is 0. The summed E-state index contributed by atoms with van der Waals surface area (Å²) >= 11 is 0. The molecule has 0 radical (unpaired) electrons. The molecule has 104 valence electrons. The maximum absolute atomic E-state index is 5.79. The lowest BCUT2D eigenvalue weighted by Crippen LogP contribution is -2.08. The quantitative estimate of drug-likeness (QED) is 0.522. The van der Waals surface area contributed by atoms with Crippen LogP contribution >= 0.6 is 0 Å². The molecule has 0 aliphatic rings. The fraction of sp³-hybridized carbons (Fsp3) is 0.0909. The Kier molecular flexibility index (Phi) is 2.25. The van der Waals surface area contributed by atoms with E-state index >= 15 is 0 Å². The molecule has 4 rings (SSSR count). The van der Waals surface area contributed by atoms with Crippen LogP contribution in [-0.2, 0) is 0 Å². The number of hydrogen-bond donors (Lipinski definition) is 2. The highest BCUT2D eigenvalue weighted by Crippen LogP contribution is 2.20. The summed E-state index contributed by atoms with van der Waals surface area (Å²) in [5.41, 5.74) is 8.19. The first-order valence-electron chi connectivity index (χ1n) is 6.09. The molecule has 4 aromatic rings. The SMILES string of the molecule is CNc1ncnc2c1ncn2-n1cnc2c(N)ncnc21. The molecule has 0 amide bonds. The Labute approximate surface area is 117 Å². The van der Waals surface area contributed by atoms with Gasteiger partial charge in [0.15, 0.2) is 34.0 Å². The van der Waals surface area contributed by atoms with Crippen molar-refractivity contribution in [2.45, 2.75) is 0 Å². The van der Waals surface area contributed by atoms with Crippen LogP contribution < -0.4 is 11.1 Å². The first-order chi connectivity index (χ1) is 10.3. The van der Waals surface area contributed by atoms with E-state index in [1.807, 2.05) is 0 Å². The number of aromatic nitrogens is 8. The van der Waals surface area contributed by atoms with Gasteiger partial charge in [0.1, 0.15) is 25.3 Å². The lowest BCUT2D eigenvalue weighted by Gasteiger charge is -2.05. The van der Waals surface area contributed by atoms with Crippen molar-refractivity contribution in [2.24, 2.45) is 0 Å². The van der Waals surface area contributed by atoms with Crippen LogP contribution in [0, 0.1) is 0 Å². The van der Waals surface area contributed by atoms with Crippen LogP contribution in [0.3, 0.4) is 0 Å². The van der Waals surface area contributed by atoms with Gasteiger partial charge in [0, 0.05) is 7.05 Å². The maximum Gasteiger partial charge on any atom is 0.185 e. The van der Waals surface area contributed by atoms with Gasteiger partial charge in [-0.1, -0.05) is 0 Å². The number of nitrogens with two attached hydrogens (primary N) is 1. The molecule has 0 aromatic carbocycles. The second-order valence-electron chi connectivity index (χ2n) is 4.25. The Balaban J connectivity index is 2.03. The number of fused-ring (bicyclic) bond motifs is 2. The van der Waals surface area contributed by atoms with Crippen molar-refractivity contribution >= 4 is 34.0 Å². The van der Waals surface area contributed by atoms with Gasteiger partial charge in [-0.25, -0.2) is 39.3 Å². The van der Waals surface area contributed by atoms with E-state index in [0.29, 0.717) is 34.0 Å². The summed E-state index contributed by atoms with van der Waals surface area (Å²) in [6.07, 6.45) is 6.08. The van der Waals surface area contributed by atoms with Crippen molar-refractivity contribution in [3.63, 3.8) is 0 Å². The van der Waals surface area contributed by atoms with Crippen LogP contribution in [0.25, 0.3) is 22.3 Å². The van der Waals surface area contributed by atoms with Crippen LogP contribution in [-0.4, -0.2) is 46.3 Å².